The summed E-state index contributed by atoms with van der Waals surface area (Å²) in [5, 5.41) is 8.89. The molecule has 0 aromatic carbocycles. The van der Waals surface area contributed by atoms with Gasteiger partial charge in [-0.1, -0.05) is 6.92 Å². The molecule has 0 atom stereocenters. The lowest BCUT2D eigenvalue weighted by Gasteiger charge is -2.00. The zero-order chi connectivity index (χ0) is 14.0. The molecule has 0 amide bonds. The summed E-state index contributed by atoms with van der Waals surface area (Å²) in [6, 6.07) is 0. The average Bonchev–Trinajstić information content (AvgIpc) is 1.76. The highest BCUT2D eigenvalue weighted by Crippen LogP contribution is 1.83. The van der Waals surface area contributed by atoms with Gasteiger partial charge in [0.1, 0.15) is 0 Å². The van der Waals surface area contributed by atoms with Crippen LogP contribution in [0.1, 0.15) is 20.3 Å². The fourth-order valence-corrected chi connectivity index (χ4v) is 0.750. The van der Waals surface area contributed by atoms with Crippen LogP contribution >= 0.6 is 0 Å². The van der Waals surface area contributed by atoms with Crippen LogP contribution in [0.5, 0.6) is 0 Å². The van der Waals surface area contributed by atoms with Gasteiger partial charge < -0.3 is 19.0 Å². The maximum atomic E-state index is 9.68. The van der Waals surface area contributed by atoms with E-state index in [1.807, 2.05) is 0 Å². The van der Waals surface area contributed by atoms with E-state index in [1.54, 1.807) is 6.92 Å². The van der Waals surface area contributed by atoms with Crippen molar-refractivity contribution in [3.63, 3.8) is 0 Å². The van der Waals surface area contributed by atoms with E-state index in [0.717, 1.165) is 6.92 Å². The fraction of sp³-hybridized carbons (Fsp3) is 0.833. The van der Waals surface area contributed by atoms with Gasteiger partial charge in [-0.25, -0.2) is 16.8 Å². The molecule has 0 aromatic rings. The molecule has 8 nitrogen and oxygen atoms in total. The Balaban J connectivity index is -0.000000166. The number of carbonyl (C=O) groups excluding carboxylic acids is 1. The summed E-state index contributed by atoms with van der Waals surface area (Å²) < 4.78 is 56.3. The van der Waals surface area contributed by atoms with E-state index in [-0.39, 0.29) is 5.75 Å². The van der Waals surface area contributed by atoms with Crippen molar-refractivity contribution in [2.75, 3.05) is 12.0 Å². The van der Waals surface area contributed by atoms with Gasteiger partial charge in [0.2, 0.25) is 0 Å². The van der Waals surface area contributed by atoms with Crippen molar-refractivity contribution in [2.24, 2.45) is 0 Å². The number of carboxylic acids is 1. The van der Waals surface area contributed by atoms with E-state index in [0.29, 0.717) is 12.7 Å². The molecule has 0 aromatic heterocycles. The first-order valence-corrected chi connectivity index (χ1v) is 7.21. The van der Waals surface area contributed by atoms with E-state index < -0.39 is 26.2 Å². The Morgan fingerprint density at radius 2 is 1.31 bits per heavy atom. The summed E-state index contributed by atoms with van der Waals surface area (Å²) in [5.41, 5.74) is 0. The van der Waals surface area contributed by atoms with Crippen LogP contribution in [0.2, 0.25) is 0 Å². The third-order valence-electron chi connectivity index (χ3n) is 0.454. The molecule has 10 heteroatoms. The minimum absolute atomic E-state index is 0.243. The number of aliphatic carboxylic acids is 1. The van der Waals surface area contributed by atoms with Gasteiger partial charge in [-0.2, -0.15) is 0 Å². The van der Waals surface area contributed by atoms with Crippen molar-refractivity contribution in [3.8, 4) is 0 Å². The van der Waals surface area contributed by atoms with Gasteiger partial charge in [0.05, 0.1) is 20.2 Å². The zero-order valence-electron chi connectivity index (χ0n) is 9.00. The number of hydrogen-bond donors (Lipinski definition) is 0. The predicted octanol–water partition coefficient (Wildman–Crippen LogP) is -2.14. The van der Waals surface area contributed by atoms with Gasteiger partial charge in [0, 0.05) is 18.0 Å². The van der Waals surface area contributed by atoms with E-state index in [9.17, 15) is 13.0 Å². The first-order valence-electron chi connectivity index (χ1n) is 3.81. The Kier molecular flexibility index (Phi) is 12.3. The predicted molar refractivity (Wildman–Crippen MR) is 51.2 cm³/mol. The molecule has 0 fully saturated rings. The molecule has 100 valence electrons. The molecule has 0 rings (SSSR count). The van der Waals surface area contributed by atoms with Crippen LogP contribution in [-0.4, -0.2) is 43.9 Å². The molecule has 0 bridgehead atoms. The molecule has 0 unspecified atom stereocenters. The number of hydrogen-bond acceptors (Lipinski definition) is 8. The average molecular weight is 277 g/mol. The highest BCUT2D eigenvalue weighted by molar-refractivity contribution is 7.85. The lowest BCUT2D eigenvalue weighted by Crippen LogP contribution is -2.16. The van der Waals surface area contributed by atoms with Crippen LogP contribution in [0.15, 0.2) is 0 Å². The van der Waals surface area contributed by atoms with Gasteiger partial charge in [-0.3, -0.25) is 0 Å². The largest absolute Gasteiger partial charge is 0.748 e. The normalized spacial score (nSPS) is 10.3. The SMILES string of the molecule is CC(=O)[O-].CCCS(=O)(=O)[O-].CS(=O)(=O)[O-]. The Bertz CT molecular complexity index is 353. The summed E-state index contributed by atoms with van der Waals surface area (Å²) in [5.74, 6) is -1.33. The summed E-state index contributed by atoms with van der Waals surface area (Å²) in [4.78, 5) is 8.89. The summed E-state index contributed by atoms with van der Waals surface area (Å²) >= 11 is 0. The van der Waals surface area contributed by atoms with Crippen molar-refractivity contribution in [1.82, 2.24) is 0 Å². The molecule has 0 N–H and O–H groups in total. The first kappa shape index (κ1) is 20.7. The van der Waals surface area contributed by atoms with Crippen molar-refractivity contribution in [1.29, 1.82) is 0 Å². The molecule has 16 heavy (non-hydrogen) atoms. The smallest absolute Gasteiger partial charge is 0.0945 e. The molecule has 0 heterocycles. The molecule has 0 spiro atoms. The van der Waals surface area contributed by atoms with Crippen molar-refractivity contribution in [2.45, 2.75) is 20.3 Å². The fourth-order valence-electron chi connectivity index (χ4n) is 0.250. The first-order chi connectivity index (χ1) is 6.79. The summed E-state index contributed by atoms with van der Waals surface area (Å²) in [7, 11) is -7.84. The number of rotatable bonds is 2. The van der Waals surface area contributed by atoms with Gasteiger partial charge in [-0.15, -0.1) is 0 Å². The number of carbonyl (C=O) groups is 1. The van der Waals surface area contributed by atoms with E-state index in [2.05, 4.69) is 0 Å². The van der Waals surface area contributed by atoms with E-state index >= 15 is 0 Å². The van der Waals surface area contributed by atoms with E-state index in [1.165, 1.54) is 0 Å². The number of carboxylic acid groups (broad SMARTS) is 1. The van der Waals surface area contributed by atoms with E-state index in [4.69, 9.17) is 22.9 Å². The Hall–Kier alpha value is -0.710. The third kappa shape index (κ3) is 185. The minimum Gasteiger partial charge on any atom is -0.748 e. The summed E-state index contributed by atoms with van der Waals surface area (Å²) in [6.07, 6.45) is 1.01. The topological polar surface area (TPSA) is 155 Å². The summed E-state index contributed by atoms with van der Waals surface area (Å²) in [6.45, 7) is 2.62. The molecule has 0 aliphatic heterocycles. The van der Waals surface area contributed by atoms with Gasteiger partial charge >= 0.3 is 0 Å². The lowest BCUT2D eigenvalue weighted by atomic mass is 10.6. The molecule has 0 saturated carbocycles. The lowest BCUT2D eigenvalue weighted by molar-refractivity contribution is -0.302. The third-order valence-corrected chi connectivity index (χ3v) is 1.36. The molecular formula is C6H13O8S2-3. The van der Waals surface area contributed by atoms with Crippen LogP contribution < -0.4 is 5.11 Å². The maximum absolute atomic E-state index is 9.68. The monoisotopic (exact) mass is 277 g/mol. The second-order valence-electron chi connectivity index (χ2n) is 2.46. The quantitative estimate of drug-likeness (QED) is 0.518. The second-order valence-corrected chi connectivity index (χ2v) is 5.39. The minimum atomic E-state index is -3.92. The highest BCUT2D eigenvalue weighted by Gasteiger charge is 1.86. The standard InChI is InChI=1S/C3H8O3S.C2H4O2.CH4O3S/c1-2-3-7(4,5)6;1-2(3)4;1-5(2,3)4/h2-3H2,1H3,(H,4,5,6);1H3,(H,3,4);1H3,(H,2,3,4)/p-3. The van der Waals surface area contributed by atoms with Crippen LogP contribution in [-0.2, 0) is 25.0 Å². The van der Waals surface area contributed by atoms with Crippen molar-refractivity contribution >= 4 is 26.2 Å². The van der Waals surface area contributed by atoms with Gasteiger partial charge in [0.15, 0.2) is 0 Å². The molecule has 0 aliphatic rings. The maximum Gasteiger partial charge on any atom is 0.0945 e. The molecule has 0 radical (unpaired) electrons. The highest BCUT2D eigenvalue weighted by atomic mass is 32.2. The Labute approximate surface area is 94.8 Å². The van der Waals surface area contributed by atoms with Crippen LogP contribution in [0, 0.1) is 0 Å². The Morgan fingerprint density at radius 1 is 1.12 bits per heavy atom. The molecule has 0 aliphatic carbocycles. The molecular weight excluding hydrogens is 264 g/mol. The van der Waals surface area contributed by atoms with Crippen molar-refractivity contribution in [3.05, 3.63) is 0 Å². The van der Waals surface area contributed by atoms with Crippen LogP contribution in [0.3, 0.4) is 0 Å². The zero-order valence-corrected chi connectivity index (χ0v) is 10.6. The molecule has 0 saturated heterocycles. The second kappa shape index (κ2) is 9.51. The van der Waals surface area contributed by atoms with Crippen molar-refractivity contribution < 1.29 is 35.8 Å². The van der Waals surface area contributed by atoms with Crippen LogP contribution in [0.25, 0.3) is 0 Å². The van der Waals surface area contributed by atoms with Crippen LogP contribution in [0.4, 0.5) is 0 Å². The van der Waals surface area contributed by atoms with Gasteiger partial charge in [0.25, 0.3) is 0 Å². The van der Waals surface area contributed by atoms with Gasteiger partial charge in [-0.05, 0) is 13.3 Å². The Morgan fingerprint density at radius 3 is 1.31 bits per heavy atom.